The predicted molar refractivity (Wildman–Crippen MR) is 49.1 cm³/mol. The molecule has 0 aromatic heterocycles. The summed E-state index contributed by atoms with van der Waals surface area (Å²) in [5.41, 5.74) is 10.7. The number of rotatable bonds is 3. The summed E-state index contributed by atoms with van der Waals surface area (Å²) < 4.78 is 52.2. The van der Waals surface area contributed by atoms with Crippen molar-refractivity contribution in [2.24, 2.45) is 11.5 Å². The van der Waals surface area contributed by atoms with Gasteiger partial charge in [0.15, 0.2) is 0 Å². The fourth-order valence-electron chi connectivity index (χ4n) is 1.13. The van der Waals surface area contributed by atoms with Gasteiger partial charge in [0.1, 0.15) is 11.6 Å². The minimum Gasteiger partial charge on any atom is -0.406 e. The Morgan fingerprint density at radius 3 is 2.38 bits per heavy atom. The number of hydrogen-bond acceptors (Lipinski definition) is 3. The quantitative estimate of drug-likeness (QED) is 0.787. The molecule has 90 valence electrons. The van der Waals surface area contributed by atoms with Crippen molar-refractivity contribution in [1.82, 2.24) is 0 Å². The van der Waals surface area contributed by atoms with Crippen LogP contribution in [0.4, 0.5) is 17.6 Å². The van der Waals surface area contributed by atoms with Crippen molar-refractivity contribution < 1.29 is 22.3 Å². The van der Waals surface area contributed by atoms with Gasteiger partial charge in [-0.3, -0.25) is 0 Å². The van der Waals surface area contributed by atoms with Crippen LogP contribution in [0.2, 0.25) is 0 Å². The molecule has 3 nitrogen and oxygen atoms in total. The molecule has 0 aliphatic heterocycles. The van der Waals surface area contributed by atoms with Crippen LogP contribution in [0.1, 0.15) is 11.6 Å². The van der Waals surface area contributed by atoms with Crippen LogP contribution >= 0.6 is 0 Å². The van der Waals surface area contributed by atoms with E-state index in [1.54, 1.807) is 0 Å². The summed E-state index contributed by atoms with van der Waals surface area (Å²) in [6, 6.07) is 1.98. The zero-order chi connectivity index (χ0) is 12.3. The first-order valence-electron chi connectivity index (χ1n) is 4.34. The Hall–Kier alpha value is -1.34. The average molecular weight is 238 g/mol. The van der Waals surface area contributed by atoms with Crippen LogP contribution in [0.15, 0.2) is 18.2 Å². The predicted octanol–water partition coefficient (Wildman–Crippen LogP) is 1.68. The van der Waals surface area contributed by atoms with E-state index in [2.05, 4.69) is 4.74 Å². The second-order valence-electron chi connectivity index (χ2n) is 3.07. The van der Waals surface area contributed by atoms with Gasteiger partial charge in [0.2, 0.25) is 0 Å². The van der Waals surface area contributed by atoms with E-state index in [-0.39, 0.29) is 12.1 Å². The second-order valence-corrected chi connectivity index (χ2v) is 3.07. The van der Waals surface area contributed by atoms with Gasteiger partial charge >= 0.3 is 6.36 Å². The molecule has 0 spiro atoms. The third kappa shape index (κ3) is 3.35. The summed E-state index contributed by atoms with van der Waals surface area (Å²) in [6.45, 7) is -0.00358. The van der Waals surface area contributed by atoms with Crippen LogP contribution in [-0.2, 0) is 0 Å². The monoisotopic (exact) mass is 238 g/mol. The first kappa shape index (κ1) is 12.7. The third-order valence-electron chi connectivity index (χ3n) is 1.86. The number of halogens is 4. The van der Waals surface area contributed by atoms with Crippen molar-refractivity contribution in [3.63, 3.8) is 0 Å². The fraction of sp³-hybridized carbons (Fsp3) is 0.333. The molecule has 0 radical (unpaired) electrons. The van der Waals surface area contributed by atoms with Gasteiger partial charge in [-0.1, -0.05) is 6.07 Å². The number of alkyl halides is 3. The summed E-state index contributed by atoms with van der Waals surface area (Å²) in [5, 5.41) is 0. The summed E-state index contributed by atoms with van der Waals surface area (Å²) >= 11 is 0. The highest BCUT2D eigenvalue weighted by Crippen LogP contribution is 2.25. The maximum absolute atomic E-state index is 13.3. The van der Waals surface area contributed by atoms with E-state index < -0.39 is 24.0 Å². The number of benzene rings is 1. The van der Waals surface area contributed by atoms with E-state index in [1.165, 1.54) is 0 Å². The number of nitrogens with two attached hydrogens (primary N) is 2. The molecule has 1 rings (SSSR count). The first-order chi connectivity index (χ1) is 7.33. The molecule has 0 bridgehead atoms. The molecule has 16 heavy (non-hydrogen) atoms. The standard InChI is InChI=1S/C9H10F4N2O/c10-7-3-5(16-9(11,12)13)1-2-6(7)8(15)4-14/h1-3,8H,4,14-15H2/t8-/m0/s1. The molecule has 1 atom stereocenters. The lowest BCUT2D eigenvalue weighted by Crippen LogP contribution is -2.22. The molecule has 0 saturated heterocycles. The van der Waals surface area contributed by atoms with Crippen molar-refractivity contribution >= 4 is 0 Å². The molecule has 4 N–H and O–H groups in total. The fourth-order valence-corrected chi connectivity index (χ4v) is 1.13. The Kier molecular flexibility index (Phi) is 3.71. The molecule has 1 aromatic rings. The minimum atomic E-state index is -4.84. The second kappa shape index (κ2) is 4.67. The lowest BCUT2D eigenvalue weighted by molar-refractivity contribution is -0.274. The SMILES string of the molecule is NC[C@H](N)c1ccc(OC(F)(F)F)cc1F. The molecule has 0 fully saturated rings. The lowest BCUT2D eigenvalue weighted by Gasteiger charge is -2.13. The van der Waals surface area contributed by atoms with Crippen LogP contribution in [0, 0.1) is 5.82 Å². The largest absolute Gasteiger partial charge is 0.573 e. The van der Waals surface area contributed by atoms with E-state index in [9.17, 15) is 17.6 Å². The highest BCUT2D eigenvalue weighted by molar-refractivity contribution is 5.31. The molecule has 0 aliphatic carbocycles. The number of hydrogen-bond donors (Lipinski definition) is 2. The van der Waals surface area contributed by atoms with Crippen LogP contribution in [0.3, 0.4) is 0 Å². The van der Waals surface area contributed by atoms with Crippen LogP contribution in [0.25, 0.3) is 0 Å². The van der Waals surface area contributed by atoms with E-state index in [4.69, 9.17) is 11.5 Å². The highest BCUT2D eigenvalue weighted by Gasteiger charge is 2.31. The van der Waals surface area contributed by atoms with E-state index in [0.29, 0.717) is 6.07 Å². The van der Waals surface area contributed by atoms with Gasteiger partial charge in [-0.05, 0) is 6.07 Å². The summed E-state index contributed by atoms with van der Waals surface area (Å²) in [5.74, 6) is -1.50. The van der Waals surface area contributed by atoms with E-state index >= 15 is 0 Å². The maximum atomic E-state index is 13.3. The van der Waals surface area contributed by atoms with Crippen molar-refractivity contribution in [2.45, 2.75) is 12.4 Å². The van der Waals surface area contributed by atoms with Crippen molar-refractivity contribution in [3.05, 3.63) is 29.6 Å². The molecule has 0 amide bonds. The van der Waals surface area contributed by atoms with Crippen LogP contribution in [0.5, 0.6) is 5.75 Å². The molecule has 0 heterocycles. The Balaban J connectivity index is 2.91. The van der Waals surface area contributed by atoms with Crippen LogP contribution < -0.4 is 16.2 Å². The zero-order valence-electron chi connectivity index (χ0n) is 8.09. The smallest absolute Gasteiger partial charge is 0.406 e. The number of ether oxygens (including phenoxy) is 1. The first-order valence-corrected chi connectivity index (χ1v) is 4.34. The molecule has 0 aliphatic rings. The molecule has 1 aromatic carbocycles. The van der Waals surface area contributed by atoms with Gasteiger partial charge in [-0.15, -0.1) is 13.2 Å². The van der Waals surface area contributed by atoms with Crippen molar-refractivity contribution in [1.29, 1.82) is 0 Å². The van der Waals surface area contributed by atoms with Crippen molar-refractivity contribution in [3.8, 4) is 5.75 Å². The molecule has 0 unspecified atom stereocenters. The van der Waals surface area contributed by atoms with E-state index in [0.717, 1.165) is 12.1 Å². The summed E-state index contributed by atoms with van der Waals surface area (Å²) in [4.78, 5) is 0. The van der Waals surface area contributed by atoms with Gasteiger partial charge in [0.05, 0.1) is 0 Å². The molecular formula is C9H10F4N2O. The third-order valence-corrected chi connectivity index (χ3v) is 1.86. The Labute approximate surface area is 89.0 Å². The van der Waals surface area contributed by atoms with Gasteiger partial charge < -0.3 is 16.2 Å². The van der Waals surface area contributed by atoms with Crippen molar-refractivity contribution in [2.75, 3.05) is 6.54 Å². The maximum Gasteiger partial charge on any atom is 0.573 e. The van der Waals surface area contributed by atoms with Gasteiger partial charge in [0, 0.05) is 24.2 Å². The Morgan fingerprint density at radius 2 is 1.94 bits per heavy atom. The van der Waals surface area contributed by atoms with Gasteiger partial charge in [0.25, 0.3) is 0 Å². The zero-order valence-corrected chi connectivity index (χ0v) is 8.09. The molecule has 7 heteroatoms. The summed E-state index contributed by atoms with van der Waals surface area (Å²) in [7, 11) is 0. The molecular weight excluding hydrogens is 228 g/mol. The average Bonchev–Trinajstić information content (AvgIpc) is 2.14. The lowest BCUT2D eigenvalue weighted by atomic mass is 10.1. The topological polar surface area (TPSA) is 61.3 Å². The molecule has 0 saturated carbocycles. The highest BCUT2D eigenvalue weighted by atomic mass is 19.4. The Bertz CT molecular complexity index is 367. The van der Waals surface area contributed by atoms with Crippen LogP contribution in [-0.4, -0.2) is 12.9 Å². The minimum absolute atomic E-state index is 0.00358. The Morgan fingerprint density at radius 1 is 1.31 bits per heavy atom. The van der Waals surface area contributed by atoms with E-state index in [1.807, 2.05) is 0 Å². The van der Waals surface area contributed by atoms with Gasteiger partial charge in [-0.25, -0.2) is 4.39 Å². The van der Waals surface area contributed by atoms with Gasteiger partial charge in [-0.2, -0.15) is 0 Å². The normalized spacial score (nSPS) is 13.6. The summed E-state index contributed by atoms with van der Waals surface area (Å²) in [6.07, 6.45) is -4.84.